The molecule has 0 aliphatic heterocycles. The molecule has 0 atom stereocenters. The van der Waals surface area contributed by atoms with E-state index in [2.05, 4.69) is 23.5 Å². The number of rotatable bonds is 2. The molecular formula is C16H15NOS. The van der Waals surface area contributed by atoms with E-state index in [9.17, 15) is 4.79 Å². The van der Waals surface area contributed by atoms with Gasteiger partial charge in [0.05, 0.1) is 10.4 Å². The fourth-order valence-electron chi connectivity index (χ4n) is 2.12. The molecule has 0 spiro atoms. The molecule has 19 heavy (non-hydrogen) atoms. The lowest BCUT2D eigenvalue weighted by Gasteiger charge is -2.08. The van der Waals surface area contributed by atoms with Gasteiger partial charge < -0.3 is 5.32 Å². The maximum Gasteiger partial charge on any atom is 0.226 e. The van der Waals surface area contributed by atoms with Gasteiger partial charge in [0, 0.05) is 21.4 Å². The molecule has 0 aliphatic rings. The fraction of sp³-hybridized carbons (Fsp3) is 0.188. The van der Waals surface area contributed by atoms with Crippen molar-refractivity contribution in [3.05, 3.63) is 42.5 Å². The van der Waals surface area contributed by atoms with Gasteiger partial charge in [0.2, 0.25) is 5.91 Å². The maximum atomic E-state index is 11.9. The van der Waals surface area contributed by atoms with Crippen LogP contribution < -0.4 is 5.32 Å². The highest BCUT2D eigenvalue weighted by Gasteiger charge is 2.12. The van der Waals surface area contributed by atoms with Crippen molar-refractivity contribution in [3.63, 3.8) is 0 Å². The molecule has 3 rings (SSSR count). The highest BCUT2D eigenvalue weighted by Crippen LogP contribution is 2.37. The summed E-state index contributed by atoms with van der Waals surface area (Å²) in [6.45, 7) is 3.81. The molecule has 2 nitrogen and oxygen atoms in total. The lowest BCUT2D eigenvalue weighted by molar-refractivity contribution is -0.118. The highest BCUT2D eigenvalue weighted by molar-refractivity contribution is 7.26. The third kappa shape index (κ3) is 2.10. The van der Waals surface area contributed by atoms with Gasteiger partial charge in [0.25, 0.3) is 0 Å². The van der Waals surface area contributed by atoms with E-state index >= 15 is 0 Å². The van der Waals surface area contributed by atoms with Gasteiger partial charge >= 0.3 is 0 Å². The van der Waals surface area contributed by atoms with Crippen LogP contribution in [0.15, 0.2) is 42.5 Å². The molecule has 0 unspecified atom stereocenters. The van der Waals surface area contributed by atoms with Crippen molar-refractivity contribution in [1.82, 2.24) is 0 Å². The predicted octanol–water partition coefficient (Wildman–Crippen LogP) is 4.65. The second-order valence-electron chi connectivity index (χ2n) is 4.92. The van der Waals surface area contributed by atoms with Gasteiger partial charge in [0.1, 0.15) is 0 Å². The molecule has 0 saturated heterocycles. The van der Waals surface area contributed by atoms with Gasteiger partial charge in [-0.25, -0.2) is 0 Å². The molecule has 1 aromatic heterocycles. The van der Waals surface area contributed by atoms with E-state index in [-0.39, 0.29) is 11.8 Å². The van der Waals surface area contributed by atoms with Crippen molar-refractivity contribution < 1.29 is 4.79 Å². The van der Waals surface area contributed by atoms with Gasteiger partial charge in [-0.15, -0.1) is 11.3 Å². The Morgan fingerprint density at radius 1 is 1.05 bits per heavy atom. The van der Waals surface area contributed by atoms with Crippen LogP contribution in [0.4, 0.5) is 5.69 Å². The SMILES string of the molecule is CC(C)C(=O)Nc1cccc2c1sc1ccccc12. The molecule has 3 heteroatoms. The standard InChI is InChI=1S/C16H15NOS/c1-10(2)16(18)17-13-8-5-7-12-11-6-3-4-9-14(11)19-15(12)13/h3-10H,1-2H3,(H,17,18). The van der Waals surface area contributed by atoms with Crippen molar-refractivity contribution in [2.45, 2.75) is 13.8 Å². The number of anilines is 1. The minimum absolute atomic E-state index is 0.00960. The first-order valence-electron chi connectivity index (χ1n) is 6.38. The van der Waals surface area contributed by atoms with Gasteiger partial charge in [-0.2, -0.15) is 0 Å². The van der Waals surface area contributed by atoms with E-state index in [1.54, 1.807) is 11.3 Å². The normalized spacial score (nSPS) is 11.3. The van der Waals surface area contributed by atoms with Crippen molar-refractivity contribution in [1.29, 1.82) is 0 Å². The first kappa shape index (κ1) is 12.2. The number of hydrogen-bond donors (Lipinski definition) is 1. The topological polar surface area (TPSA) is 29.1 Å². The smallest absolute Gasteiger partial charge is 0.226 e. The molecule has 0 bridgehead atoms. The van der Waals surface area contributed by atoms with E-state index in [4.69, 9.17) is 0 Å². The molecule has 0 fully saturated rings. The Balaban J connectivity index is 2.18. The Morgan fingerprint density at radius 2 is 1.79 bits per heavy atom. The van der Waals surface area contributed by atoms with Crippen molar-refractivity contribution in [3.8, 4) is 0 Å². The van der Waals surface area contributed by atoms with E-state index < -0.39 is 0 Å². The summed E-state index contributed by atoms with van der Waals surface area (Å²) in [5.74, 6) is 0.0505. The zero-order chi connectivity index (χ0) is 13.4. The molecule has 1 amide bonds. The fourth-order valence-corrected chi connectivity index (χ4v) is 3.29. The lowest BCUT2D eigenvalue weighted by Crippen LogP contribution is -2.17. The average Bonchev–Trinajstić information content (AvgIpc) is 2.78. The average molecular weight is 269 g/mol. The molecule has 96 valence electrons. The number of nitrogens with one attached hydrogen (secondary N) is 1. The van der Waals surface area contributed by atoms with Crippen LogP contribution in [-0.4, -0.2) is 5.91 Å². The van der Waals surface area contributed by atoms with Crippen molar-refractivity contribution >= 4 is 43.1 Å². The Kier molecular flexibility index (Phi) is 2.99. The summed E-state index contributed by atoms with van der Waals surface area (Å²) in [5, 5.41) is 5.48. The maximum absolute atomic E-state index is 11.9. The lowest BCUT2D eigenvalue weighted by atomic mass is 10.1. The summed E-state index contributed by atoms with van der Waals surface area (Å²) in [5.41, 5.74) is 0.914. The van der Waals surface area contributed by atoms with Crippen LogP contribution in [0.5, 0.6) is 0 Å². The second kappa shape index (κ2) is 4.67. The molecular weight excluding hydrogens is 254 g/mol. The molecule has 0 saturated carbocycles. The zero-order valence-electron chi connectivity index (χ0n) is 10.9. The Morgan fingerprint density at radius 3 is 2.58 bits per heavy atom. The number of carbonyl (C=O) groups excluding carboxylic acids is 1. The second-order valence-corrected chi connectivity index (χ2v) is 5.98. The van der Waals surface area contributed by atoms with Crippen LogP contribution in [-0.2, 0) is 4.79 Å². The Hall–Kier alpha value is -1.87. The summed E-state index contributed by atoms with van der Waals surface area (Å²) in [4.78, 5) is 11.9. The van der Waals surface area contributed by atoms with Crippen LogP contribution in [0, 0.1) is 5.92 Å². The Labute approximate surface area is 116 Å². The monoisotopic (exact) mass is 269 g/mol. The van der Waals surface area contributed by atoms with Gasteiger partial charge in [-0.1, -0.05) is 44.2 Å². The molecule has 3 aromatic rings. The van der Waals surface area contributed by atoms with Gasteiger partial charge in [-0.3, -0.25) is 4.79 Å². The van der Waals surface area contributed by atoms with E-state index in [0.717, 1.165) is 10.4 Å². The number of amides is 1. The predicted molar refractivity (Wildman–Crippen MR) is 82.8 cm³/mol. The van der Waals surface area contributed by atoms with Crippen LogP contribution in [0.1, 0.15) is 13.8 Å². The highest BCUT2D eigenvalue weighted by atomic mass is 32.1. The molecule has 1 N–H and O–H groups in total. The zero-order valence-corrected chi connectivity index (χ0v) is 11.8. The number of fused-ring (bicyclic) bond motifs is 3. The number of carbonyl (C=O) groups is 1. The van der Waals surface area contributed by atoms with Gasteiger partial charge in [0.15, 0.2) is 0 Å². The van der Waals surface area contributed by atoms with Crippen LogP contribution in [0.3, 0.4) is 0 Å². The quantitative estimate of drug-likeness (QED) is 0.721. The minimum atomic E-state index is -0.00960. The van der Waals surface area contributed by atoms with Gasteiger partial charge in [-0.05, 0) is 12.1 Å². The molecule has 0 radical (unpaired) electrons. The van der Waals surface area contributed by atoms with Crippen molar-refractivity contribution in [2.24, 2.45) is 5.92 Å². The minimum Gasteiger partial charge on any atom is -0.325 e. The summed E-state index contributed by atoms with van der Waals surface area (Å²) >= 11 is 1.73. The summed E-state index contributed by atoms with van der Waals surface area (Å²) in [7, 11) is 0. The van der Waals surface area contributed by atoms with Crippen molar-refractivity contribution in [2.75, 3.05) is 5.32 Å². The molecule has 2 aromatic carbocycles. The summed E-state index contributed by atoms with van der Waals surface area (Å²) < 4.78 is 2.40. The van der Waals surface area contributed by atoms with E-state index in [1.165, 1.54) is 15.5 Å². The first-order valence-corrected chi connectivity index (χ1v) is 7.19. The molecule has 1 heterocycles. The van der Waals surface area contributed by atoms with Crippen LogP contribution >= 0.6 is 11.3 Å². The largest absolute Gasteiger partial charge is 0.325 e. The first-order chi connectivity index (χ1) is 9.16. The summed E-state index contributed by atoms with van der Waals surface area (Å²) in [6.07, 6.45) is 0. The van der Waals surface area contributed by atoms with E-state index in [0.29, 0.717) is 0 Å². The number of benzene rings is 2. The third-order valence-corrected chi connectivity index (χ3v) is 4.41. The summed E-state index contributed by atoms with van der Waals surface area (Å²) in [6, 6.07) is 14.4. The van der Waals surface area contributed by atoms with Crippen LogP contribution in [0.25, 0.3) is 20.2 Å². The molecule has 0 aliphatic carbocycles. The number of thiophene rings is 1. The third-order valence-electron chi connectivity index (χ3n) is 3.19. The van der Waals surface area contributed by atoms with Crippen LogP contribution in [0.2, 0.25) is 0 Å². The number of hydrogen-bond acceptors (Lipinski definition) is 2. The Bertz CT molecular complexity index is 758. The van der Waals surface area contributed by atoms with E-state index in [1.807, 2.05) is 38.1 Å².